The minimum atomic E-state index is 0.582. The molecule has 0 saturated heterocycles. The molecule has 2 aromatic heterocycles. The number of rotatable bonds is 0. The molecule has 10 nitrogen and oxygen atoms in total. The summed E-state index contributed by atoms with van der Waals surface area (Å²) in [4.78, 5) is 46.8. The third-order valence-electron chi connectivity index (χ3n) is 9.68. The second kappa shape index (κ2) is 11.9. The van der Waals surface area contributed by atoms with Crippen LogP contribution in [0, 0.1) is 0 Å². The van der Waals surface area contributed by atoms with Gasteiger partial charge in [0.2, 0.25) is 0 Å². The molecule has 6 aromatic carbocycles. The van der Waals surface area contributed by atoms with Crippen molar-refractivity contribution >= 4 is 68.2 Å². The molecule has 14 rings (SSSR count). The first-order chi connectivity index (χ1) is 26.7. The average Bonchev–Trinajstić information content (AvgIpc) is 3.95. The van der Waals surface area contributed by atoms with Gasteiger partial charge < -0.3 is 9.97 Å². The van der Waals surface area contributed by atoms with Gasteiger partial charge in [0, 0.05) is 43.8 Å². The van der Waals surface area contributed by atoms with E-state index in [0.29, 0.717) is 46.6 Å². The molecule has 8 heterocycles. The van der Waals surface area contributed by atoms with Gasteiger partial charge in [0.1, 0.15) is 23.3 Å². The highest BCUT2D eigenvalue weighted by Gasteiger charge is 2.23. The molecule has 0 spiro atoms. The molecule has 0 unspecified atom stereocenters. The Morgan fingerprint density at radius 2 is 0.500 bits per heavy atom. The van der Waals surface area contributed by atoms with Crippen molar-refractivity contribution < 1.29 is 0 Å². The molecule has 2 N–H and O–H groups in total. The van der Waals surface area contributed by atoms with E-state index in [0.717, 1.165) is 65.2 Å². The summed E-state index contributed by atoms with van der Waals surface area (Å²) in [6.45, 7) is 0. The Hall–Kier alpha value is -7.72. The summed E-state index contributed by atoms with van der Waals surface area (Å²) in [6, 6.07) is 47.9. The Bertz CT molecular complexity index is 3020. The standard InChI is InChI=1S/C44H26N10/c1-5-13-33-29(9-1)37-45-25-17-19-26(20-18-25)46-39-31-11-3-7-15-35(31)43(51-39)54-44-36-16-8-4-12-32(36)40(52-44)48-28-23-21-27(22-24-28)47-38-30-10-2-6-14-34(30)42(50-38)53-41(33)49-37/h1-24H,(H,45,47,49,50,53)(H,46,48,51,52,54). The molecule has 12 bridgehead atoms. The number of nitrogens with zero attached hydrogens (tertiary/aromatic N) is 8. The predicted octanol–water partition coefficient (Wildman–Crippen LogP) is 7.18. The van der Waals surface area contributed by atoms with E-state index in [1.807, 2.05) is 146 Å². The predicted molar refractivity (Wildman–Crippen MR) is 212 cm³/mol. The number of aliphatic imine (C=N–C) groups is 4. The fourth-order valence-electron chi connectivity index (χ4n) is 7.09. The van der Waals surface area contributed by atoms with Crippen LogP contribution in [0.5, 0.6) is 0 Å². The zero-order chi connectivity index (χ0) is 35.6. The smallest absolute Gasteiger partial charge is 0.164 e. The Labute approximate surface area is 306 Å². The quantitative estimate of drug-likeness (QED) is 0.167. The Balaban J connectivity index is 1.15. The second-order valence-corrected chi connectivity index (χ2v) is 13.0. The number of aromatic nitrogens is 2. The number of H-pyrrole nitrogens is 2. The van der Waals surface area contributed by atoms with Gasteiger partial charge in [0.25, 0.3) is 0 Å². The Morgan fingerprint density at radius 1 is 0.241 bits per heavy atom. The zero-order valence-electron chi connectivity index (χ0n) is 28.4. The minimum Gasteiger partial charge on any atom is -0.324 e. The van der Waals surface area contributed by atoms with Gasteiger partial charge in [-0.05, 0) is 48.5 Å². The molecule has 54 heavy (non-hydrogen) atoms. The summed E-state index contributed by atoms with van der Waals surface area (Å²) in [5.41, 5.74) is 3.66. The summed E-state index contributed by atoms with van der Waals surface area (Å²) in [7, 11) is 0. The maximum atomic E-state index is 5.06. The van der Waals surface area contributed by atoms with Crippen molar-refractivity contribution in [2.45, 2.75) is 0 Å². The summed E-state index contributed by atoms with van der Waals surface area (Å²) in [5.74, 6) is 5.12. The number of hydrogen-bond acceptors (Lipinski definition) is 8. The van der Waals surface area contributed by atoms with E-state index in [-0.39, 0.29) is 0 Å². The van der Waals surface area contributed by atoms with Gasteiger partial charge in [-0.1, -0.05) is 97.1 Å². The molecular weight excluding hydrogens is 669 g/mol. The van der Waals surface area contributed by atoms with E-state index in [2.05, 4.69) is 9.97 Å². The summed E-state index contributed by atoms with van der Waals surface area (Å²) < 4.78 is 0. The van der Waals surface area contributed by atoms with E-state index in [1.54, 1.807) is 0 Å². The number of hydrogen-bond donors (Lipinski definition) is 2. The fourth-order valence-corrected chi connectivity index (χ4v) is 7.09. The first kappa shape index (κ1) is 30.0. The normalized spacial score (nSPS) is 14.2. The van der Waals surface area contributed by atoms with Crippen molar-refractivity contribution in [3.8, 4) is 0 Å². The first-order valence-electron chi connectivity index (χ1n) is 17.5. The van der Waals surface area contributed by atoms with E-state index in [9.17, 15) is 0 Å². The van der Waals surface area contributed by atoms with Gasteiger partial charge >= 0.3 is 0 Å². The maximum Gasteiger partial charge on any atom is 0.164 e. The van der Waals surface area contributed by atoms with Crippen LogP contribution in [0.4, 0.5) is 23.3 Å². The summed E-state index contributed by atoms with van der Waals surface area (Å²) >= 11 is 0. The third-order valence-corrected chi connectivity index (χ3v) is 9.68. The third kappa shape index (κ3) is 5.04. The molecular formula is C44H26N10. The topological polar surface area (TPSA) is 130 Å². The van der Waals surface area contributed by atoms with E-state index in [1.165, 1.54) is 0 Å². The molecule has 0 saturated carbocycles. The first-order valence-corrected chi connectivity index (χ1v) is 17.5. The molecule has 0 amide bonds. The molecule has 0 atom stereocenters. The SMILES string of the molecule is c1ccc2c(c1)C1=NC2=Nc2[nH]c(c3ccccc23)N=c2ccc(cc2)=NC2=NC(=Nc3[nH]c(c4ccccc34)N=c3ccc(cc3)=N1)c1ccccc12. The molecule has 0 fully saturated rings. The summed E-state index contributed by atoms with van der Waals surface area (Å²) in [6.07, 6.45) is 0. The second-order valence-electron chi connectivity index (χ2n) is 13.0. The Kier molecular flexibility index (Phi) is 6.62. The monoisotopic (exact) mass is 694 g/mol. The van der Waals surface area contributed by atoms with Gasteiger partial charge in [-0.2, -0.15) is 0 Å². The molecule has 6 aliphatic heterocycles. The molecule has 10 heteroatoms. The lowest BCUT2D eigenvalue weighted by Crippen LogP contribution is -2.10. The van der Waals surface area contributed by atoms with Crippen LogP contribution in [0.25, 0.3) is 21.5 Å². The van der Waals surface area contributed by atoms with E-state index >= 15 is 0 Å². The lowest BCUT2D eigenvalue weighted by Gasteiger charge is -1.98. The fraction of sp³-hybridized carbons (Fsp3) is 0. The number of benzene rings is 6. The Morgan fingerprint density at radius 3 is 0.833 bits per heavy atom. The number of aromatic amines is 2. The number of nitrogens with one attached hydrogen (secondary N) is 2. The van der Waals surface area contributed by atoms with Crippen LogP contribution in [0.2, 0.25) is 0 Å². The van der Waals surface area contributed by atoms with Crippen molar-refractivity contribution in [2.24, 2.45) is 39.9 Å². The van der Waals surface area contributed by atoms with Crippen molar-refractivity contribution in [1.29, 1.82) is 0 Å². The van der Waals surface area contributed by atoms with Crippen LogP contribution in [0.15, 0.2) is 186 Å². The van der Waals surface area contributed by atoms with Crippen molar-refractivity contribution in [3.63, 3.8) is 0 Å². The van der Waals surface area contributed by atoms with Crippen LogP contribution >= 0.6 is 0 Å². The van der Waals surface area contributed by atoms with Crippen molar-refractivity contribution in [2.75, 3.05) is 0 Å². The highest BCUT2D eigenvalue weighted by Crippen LogP contribution is 2.36. The van der Waals surface area contributed by atoms with Crippen LogP contribution in [-0.2, 0) is 0 Å². The minimum absolute atomic E-state index is 0.582. The molecule has 0 aliphatic carbocycles. The molecule has 8 aromatic rings. The largest absolute Gasteiger partial charge is 0.324 e. The average molecular weight is 695 g/mol. The highest BCUT2D eigenvalue weighted by atomic mass is 15.1. The van der Waals surface area contributed by atoms with Crippen LogP contribution in [-0.4, -0.2) is 33.3 Å². The maximum absolute atomic E-state index is 5.06. The van der Waals surface area contributed by atoms with Crippen LogP contribution in [0.1, 0.15) is 22.3 Å². The van der Waals surface area contributed by atoms with Gasteiger partial charge in [-0.3, -0.25) is 0 Å². The lowest BCUT2D eigenvalue weighted by atomic mass is 10.1. The lowest BCUT2D eigenvalue weighted by molar-refractivity contribution is 1.23. The van der Waals surface area contributed by atoms with Crippen molar-refractivity contribution in [3.05, 3.63) is 189 Å². The van der Waals surface area contributed by atoms with Gasteiger partial charge in [-0.15, -0.1) is 0 Å². The van der Waals surface area contributed by atoms with E-state index in [4.69, 9.17) is 39.9 Å². The molecule has 0 radical (unpaired) electrons. The summed E-state index contributed by atoms with van der Waals surface area (Å²) in [5, 5.41) is 6.86. The highest BCUT2D eigenvalue weighted by molar-refractivity contribution is 6.24. The molecule has 6 aliphatic rings. The van der Waals surface area contributed by atoms with Crippen molar-refractivity contribution in [1.82, 2.24) is 9.97 Å². The van der Waals surface area contributed by atoms with Gasteiger partial charge in [0.05, 0.1) is 21.4 Å². The van der Waals surface area contributed by atoms with Gasteiger partial charge in [-0.25, -0.2) is 39.9 Å². The molecule has 252 valence electrons. The van der Waals surface area contributed by atoms with Crippen LogP contribution < -0.4 is 21.4 Å². The van der Waals surface area contributed by atoms with Crippen LogP contribution in [0.3, 0.4) is 0 Å². The van der Waals surface area contributed by atoms with Gasteiger partial charge in [0.15, 0.2) is 23.3 Å². The zero-order valence-corrected chi connectivity index (χ0v) is 28.4. The number of fused-ring (bicyclic) bond motifs is 4. The number of amidine groups is 4. The van der Waals surface area contributed by atoms with E-state index < -0.39 is 0 Å².